The summed E-state index contributed by atoms with van der Waals surface area (Å²) in [5, 5.41) is 11.1. The Kier molecular flexibility index (Phi) is 6.09. The van der Waals surface area contributed by atoms with E-state index in [1.807, 2.05) is 25.1 Å². The third-order valence-corrected chi connectivity index (χ3v) is 10.6. The number of hydrogen-bond donors (Lipinski definition) is 1. The Balaban J connectivity index is 1.50. The van der Waals surface area contributed by atoms with Crippen molar-refractivity contribution in [2.45, 2.75) is 41.9 Å². The number of ether oxygens (including phenoxy) is 1. The number of allylic oxidation sites excluding steroid dienone is 2. The van der Waals surface area contributed by atoms with Crippen molar-refractivity contribution in [1.82, 2.24) is 4.90 Å². The number of anilines is 1. The number of likely N-dealkylation sites (tertiary alicyclic amines) is 1. The topological polar surface area (TPSA) is 104 Å². The molecule has 2 aromatic carbocycles. The number of phenolic OH excluding ortho intramolecular Hbond substituents is 1. The minimum absolute atomic E-state index is 0.102. The number of aromatic hydroxyl groups is 1. The Bertz CT molecular complexity index is 1510. The maximum atomic E-state index is 14.0. The number of imide groups is 2. The molecule has 2 aliphatic carbocycles. The molecule has 4 amide bonds. The van der Waals surface area contributed by atoms with E-state index in [0.717, 1.165) is 16.9 Å². The van der Waals surface area contributed by atoms with Crippen LogP contribution in [-0.2, 0) is 25.6 Å². The highest BCUT2D eigenvalue weighted by Gasteiger charge is 2.76. The van der Waals surface area contributed by atoms with E-state index in [0.29, 0.717) is 17.0 Å². The second kappa shape index (κ2) is 9.08. The summed E-state index contributed by atoms with van der Waals surface area (Å²) in [6.45, 7) is 2.02. The van der Waals surface area contributed by atoms with Gasteiger partial charge in [0.15, 0.2) is 9.75 Å². The molecule has 1 saturated carbocycles. The van der Waals surface area contributed by atoms with Gasteiger partial charge >= 0.3 is 0 Å². The number of carbonyl (C=O) groups is 4. The molecule has 0 spiro atoms. The molecule has 2 aromatic rings. The number of methoxy groups -OCH3 is 1. The molecule has 6 rings (SSSR count). The van der Waals surface area contributed by atoms with E-state index < -0.39 is 45.2 Å². The monoisotopic (exact) mass is 582 g/mol. The van der Waals surface area contributed by atoms with Crippen molar-refractivity contribution in [3.63, 3.8) is 0 Å². The number of halogens is 2. The molecule has 2 heterocycles. The number of aryl methyl sites for hydroxylation is 1. The zero-order valence-corrected chi connectivity index (χ0v) is 23.7. The maximum absolute atomic E-state index is 14.0. The van der Waals surface area contributed by atoms with Gasteiger partial charge in [-0.3, -0.25) is 29.0 Å². The Hall–Kier alpha value is -3.36. The van der Waals surface area contributed by atoms with Crippen LogP contribution in [0.3, 0.4) is 0 Å². The normalized spacial score (nSPS) is 33.1. The third kappa shape index (κ3) is 3.32. The summed E-state index contributed by atoms with van der Waals surface area (Å²) in [6.07, 6.45) is 2.81. The number of carbonyl (C=O) groups excluding carboxylic acids is 4. The molecular formula is C30H28Cl2N2O6. The Morgan fingerprint density at radius 1 is 1.00 bits per heavy atom. The number of amides is 4. The molecule has 10 heteroatoms. The average molecular weight is 583 g/mol. The van der Waals surface area contributed by atoms with E-state index >= 15 is 0 Å². The van der Waals surface area contributed by atoms with Crippen molar-refractivity contribution in [3.05, 3.63) is 65.2 Å². The first-order valence-electron chi connectivity index (χ1n) is 13.2. The van der Waals surface area contributed by atoms with E-state index in [4.69, 9.17) is 27.9 Å². The number of alkyl halides is 2. The van der Waals surface area contributed by atoms with E-state index in [9.17, 15) is 24.3 Å². The van der Waals surface area contributed by atoms with Gasteiger partial charge in [-0.25, -0.2) is 0 Å². The van der Waals surface area contributed by atoms with E-state index in [1.165, 1.54) is 25.1 Å². The van der Waals surface area contributed by atoms with Gasteiger partial charge in [0.05, 0.1) is 24.6 Å². The van der Waals surface area contributed by atoms with E-state index in [2.05, 4.69) is 0 Å². The number of benzene rings is 2. The van der Waals surface area contributed by atoms with E-state index in [-0.39, 0.29) is 36.0 Å². The van der Waals surface area contributed by atoms with Gasteiger partial charge in [-0.2, -0.15) is 0 Å². The van der Waals surface area contributed by atoms with Crippen LogP contribution in [0.15, 0.2) is 54.1 Å². The van der Waals surface area contributed by atoms with Crippen LogP contribution in [0.4, 0.5) is 5.69 Å². The van der Waals surface area contributed by atoms with Crippen molar-refractivity contribution in [2.75, 3.05) is 19.1 Å². The summed E-state index contributed by atoms with van der Waals surface area (Å²) in [5.41, 5.74) is 2.47. The molecule has 2 aliphatic heterocycles. The summed E-state index contributed by atoms with van der Waals surface area (Å²) in [7, 11) is 2.79. The van der Waals surface area contributed by atoms with Gasteiger partial charge in [0.1, 0.15) is 11.5 Å². The molecule has 3 fully saturated rings. The van der Waals surface area contributed by atoms with Gasteiger partial charge in [-0.15, -0.1) is 23.2 Å². The Labute approximate surface area is 241 Å². The van der Waals surface area contributed by atoms with Crippen LogP contribution in [0.2, 0.25) is 0 Å². The summed E-state index contributed by atoms with van der Waals surface area (Å²) in [5.74, 6) is -4.96. The van der Waals surface area contributed by atoms with Crippen LogP contribution >= 0.6 is 23.2 Å². The second-order valence-corrected chi connectivity index (χ2v) is 12.2. The van der Waals surface area contributed by atoms with Gasteiger partial charge in [0, 0.05) is 24.6 Å². The number of fused-ring (bicyclic) bond motifs is 4. The third-order valence-electron chi connectivity index (χ3n) is 9.17. The molecule has 4 aliphatic rings. The minimum atomic E-state index is -1.96. The lowest BCUT2D eigenvalue weighted by molar-refractivity contribution is -0.138. The first-order valence-corrected chi connectivity index (χ1v) is 14.0. The Morgan fingerprint density at radius 3 is 2.33 bits per heavy atom. The Morgan fingerprint density at radius 2 is 1.70 bits per heavy atom. The molecule has 0 bridgehead atoms. The molecule has 0 aromatic heterocycles. The van der Waals surface area contributed by atoms with Crippen LogP contribution in [0, 0.1) is 17.8 Å². The summed E-state index contributed by atoms with van der Waals surface area (Å²) < 4.78 is 5.23. The zero-order chi connectivity index (χ0) is 28.7. The fourth-order valence-electron chi connectivity index (χ4n) is 7.12. The highest BCUT2D eigenvalue weighted by atomic mass is 35.5. The van der Waals surface area contributed by atoms with Crippen LogP contribution in [0.25, 0.3) is 0 Å². The highest BCUT2D eigenvalue weighted by Crippen LogP contribution is 2.66. The number of rotatable bonds is 4. The predicted molar refractivity (Wildman–Crippen MR) is 148 cm³/mol. The standard InChI is InChI=1S/C30H28Cl2N2O6/c1-4-15-5-7-16(8-6-15)34-25(36)20-12-11-18-21(23(20)26(34)37)14-29(31)27(38)33(2)28(39)30(29,32)24(18)19-10-9-17(40-3)13-22(19)35/h5-11,13,20-21,23-24,35H,4,12,14H2,1-3H3/t20-,21+,23-,24+,29+,30-/m0/s1. The highest BCUT2D eigenvalue weighted by molar-refractivity contribution is 6.53. The first kappa shape index (κ1) is 26.8. The SMILES string of the molecule is CCc1ccc(N2C(=O)[C@H]3[C@H](CC=C4[C@H]3C[C@@]3(Cl)C(=O)N(C)C(=O)[C@@]3(Cl)[C@H]4c3ccc(OC)cc3O)C2=O)cc1. The number of hydrogen-bond acceptors (Lipinski definition) is 6. The average Bonchev–Trinajstić information content (AvgIpc) is 3.28. The van der Waals surface area contributed by atoms with Gasteiger partial charge in [0.2, 0.25) is 11.8 Å². The number of nitrogens with zero attached hydrogens (tertiary/aromatic N) is 2. The molecule has 208 valence electrons. The van der Waals surface area contributed by atoms with Crippen LogP contribution < -0.4 is 9.64 Å². The van der Waals surface area contributed by atoms with Gasteiger partial charge < -0.3 is 9.84 Å². The van der Waals surface area contributed by atoms with Gasteiger partial charge in [0.25, 0.3) is 11.8 Å². The van der Waals surface area contributed by atoms with Crippen molar-refractivity contribution >= 4 is 52.5 Å². The lowest BCUT2D eigenvalue weighted by Gasteiger charge is -2.50. The summed E-state index contributed by atoms with van der Waals surface area (Å²) in [6, 6.07) is 11.9. The van der Waals surface area contributed by atoms with Crippen molar-refractivity contribution in [3.8, 4) is 11.5 Å². The van der Waals surface area contributed by atoms with Crippen LogP contribution in [0.1, 0.15) is 36.8 Å². The lowest BCUT2D eigenvalue weighted by Crippen LogP contribution is -2.60. The quantitative estimate of drug-likeness (QED) is 0.330. The first-order chi connectivity index (χ1) is 19.0. The number of phenols is 1. The van der Waals surface area contributed by atoms with Gasteiger partial charge in [-0.1, -0.05) is 36.8 Å². The lowest BCUT2D eigenvalue weighted by atomic mass is 9.56. The van der Waals surface area contributed by atoms with Crippen LogP contribution in [0.5, 0.6) is 11.5 Å². The van der Waals surface area contributed by atoms with Crippen molar-refractivity contribution in [2.24, 2.45) is 17.8 Å². The molecular weight excluding hydrogens is 555 g/mol. The maximum Gasteiger partial charge on any atom is 0.253 e. The largest absolute Gasteiger partial charge is 0.508 e. The molecule has 6 atom stereocenters. The van der Waals surface area contributed by atoms with Crippen molar-refractivity contribution < 1.29 is 29.0 Å². The minimum Gasteiger partial charge on any atom is -0.508 e. The molecule has 1 N–H and O–H groups in total. The fourth-order valence-corrected chi connectivity index (χ4v) is 8.13. The smallest absolute Gasteiger partial charge is 0.253 e. The van der Waals surface area contributed by atoms with Gasteiger partial charge in [-0.05, 0) is 48.9 Å². The molecule has 0 radical (unpaired) electrons. The van der Waals surface area contributed by atoms with Crippen LogP contribution in [-0.4, -0.2) is 57.5 Å². The summed E-state index contributed by atoms with van der Waals surface area (Å²) >= 11 is 14.3. The summed E-state index contributed by atoms with van der Waals surface area (Å²) in [4.78, 5) is 53.1. The zero-order valence-electron chi connectivity index (χ0n) is 22.2. The predicted octanol–water partition coefficient (Wildman–Crippen LogP) is 4.16. The molecule has 40 heavy (non-hydrogen) atoms. The fraction of sp³-hybridized carbons (Fsp3) is 0.400. The molecule has 8 nitrogen and oxygen atoms in total. The van der Waals surface area contributed by atoms with Crippen molar-refractivity contribution in [1.29, 1.82) is 0 Å². The second-order valence-electron chi connectivity index (χ2n) is 11.0. The molecule has 2 saturated heterocycles. The van der Waals surface area contributed by atoms with E-state index in [1.54, 1.807) is 24.3 Å². The molecule has 0 unspecified atom stereocenters.